The number of alkyl halides is 2. The van der Waals surface area contributed by atoms with Gasteiger partial charge in [0.1, 0.15) is 30.5 Å². The standard InChI is InChI=1S/C31H37ClF3N7O2/c1-18(33)14-41-8-9-42(16-21(41)5-7-36)28-27-26(37-30(39-28)44-17-22-10-20(35)15-40(22)2)13-31(29(43)38-27)6-3-4-23-24(31)11-19(34)12-25(23)32/h11-12,18,20-22H,3-6,8-10,13-17H2,1-2H3,(H,38,43)/t18?,20-,21+,22+,31-/m1/s1. The Morgan fingerprint density at radius 2 is 2.09 bits per heavy atom. The number of likely N-dealkylation sites (tertiary alicyclic amines) is 1. The molecule has 0 saturated carbocycles. The molecule has 236 valence electrons. The van der Waals surface area contributed by atoms with E-state index in [1.54, 1.807) is 0 Å². The number of likely N-dealkylation sites (N-methyl/N-ethyl adjacent to an activating group) is 1. The molecule has 5 atom stereocenters. The number of nitrogens with one attached hydrogen (secondary N) is 1. The zero-order valence-corrected chi connectivity index (χ0v) is 25.7. The molecule has 4 aliphatic rings. The number of hydrogen-bond acceptors (Lipinski definition) is 8. The maximum atomic E-state index is 14.7. The molecule has 2 fully saturated rings. The molecule has 0 bridgehead atoms. The van der Waals surface area contributed by atoms with Crippen molar-refractivity contribution < 1.29 is 22.7 Å². The second-order valence-corrected chi connectivity index (χ2v) is 13.0. The maximum absolute atomic E-state index is 14.7. The van der Waals surface area contributed by atoms with Gasteiger partial charge in [-0.2, -0.15) is 15.2 Å². The third-order valence-corrected chi connectivity index (χ3v) is 9.89. The molecule has 0 radical (unpaired) electrons. The summed E-state index contributed by atoms with van der Waals surface area (Å²) in [5.41, 5.74) is 1.28. The molecule has 1 aromatic carbocycles. The molecule has 1 spiro atoms. The van der Waals surface area contributed by atoms with Crippen molar-refractivity contribution >= 4 is 29.0 Å². The Kier molecular flexibility index (Phi) is 8.65. The van der Waals surface area contributed by atoms with Crippen LogP contribution in [0, 0.1) is 17.1 Å². The topological polar surface area (TPSA) is 97.6 Å². The summed E-state index contributed by atoms with van der Waals surface area (Å²) in [5, 5.41) is 12.9. The Morgan fingerprint density at radius 1 is 1.27 bits per heavy atom. The lowest BCUT2D eigenvalue weighted by Gasteiger charge is -2.44. The van der Waals surface area contributed by atoms with E-state index in [0.29, 0.717) is 79.6 Å². The van der Waals surface area contributed by atoms with Crippen molar-refractivity contribution in [1.82, 2.24) is 19.8 Å². The predicted octanol–water partition coefficient (Wildman–Crippen LogP) is 4.22. The van der Waals surface area contributed by atoms with Crippen molar-refractivity contribution in [1.29, 1.82) is 5.26 Å². The van der Waals surface area contributed by atoms with E-state index >= 15 is 0 Å². The Labute approximate surface area is 260 Å². The summed E-state index contributed by atoms with van der Waals surface area (Å²) in [4.78, 5) is 29.4. The first-order valence-corrected chi connectivity index (χ1v) is 15.6. The van der Waals surface area contributed by atoms with E-state index in [2.05, 4.69) is 11.4 Å². The zero-order chi connectivity index (χ0) is 31.2. The van der Waals surface area contributed by atoms with Gasteiger partial charge >= 0.3 is 6.01 Å². The SMILES string of the molecule is CC(F)CN1CCN(c2nc(OC[C@@H]3C[C@@H](F)CN3C)nc3c2NC(=O)[C@]2(CCCc4c(Cl)cc(F)cc42)C3)C[C@@H]1CC#N. The van der Waals surface area contributed by atoms with Gasteiger partial charge in [0, 0.05) is 56.3 Å². The highest BCUT2D eigenvalue weighted by Gasteiger charge is 2.49. The minimum Gasteiger partial charge on any atom is -0.462 e. The number of nitriles is 1. The minimum absolute atomic E-state index is 0.103. The summed E-state index contributed by atoms with van der Waals surface area (Å²) in [7, 11) is 1.85. The van der Waals surface area contributed by atoms with Crippen molar-refractivity contribution in [2.24, 2.45) is 0 Å². The van der Waals surface area contributed by atoms with Crippen LogP contribution in [0.1, 0.15) is 49.4 Å². The number of anilines is 2. The molecule has 9 nitrogen and oxygen atoms in total. The number of halogens is 4. The summed E-state index contributed by atoms with van der Waals surface area (Å²) in [6.07, 6.45) is 0.622. The van der Waals surface area contributed by atoms with Crippen LogP contribution in [0.5, 0.6) is 6.01 Å². The Morgan fingerprint density at radius 3 is 2.82 bits per heavy atom. The molecule has 44 heavy (non-hydrogen) atoms. The van der Waals surface area contributed by atoms with Crippen LogP contribution in [-0.4, -0.2) is 96.5 Å². The third kappa shape index (κ3) is 5.82. The van der Waals surface area contributed by atoms with Crippen molar-refractivity contribution in [3.05, 3.63) is 39.8 Å². The van der Waals surface area contributed by atoms with Crippen LogP contribution in [0.25, 0.3) is 0 Å². The summed E-state index contributed by atoms with van der Waals surface area (Å²) in [5.74, 6) is -0.316. The summed E-state index contributed by atoms with van der Waals surface area (Å²) in [6.45, 7) is 3.62. The zero-order valence-electron chi connectivity index (χ0n) is 25.0. The normalized spacial score (nSPS) is 27.9. The molecule has 1 unspecified atom stereocenters. The number of hydrogen-bond donors (Lipinski definition) is 1. The molecule has 2 aromatic rings. The number of rotatable bonds is 7. The van der Waals surface area contributed by atoms with Gasteiger partial charge in [0.05, 0.1) is 23.6 Å². The Hall–Kier alpha value is -3.14. The average molecular weight is 632 g/mol. The van der Waals surface area contributed by atoms with Crippen LogP contribution >= 0.6 is 11.6 Å². The van der Waals surface area contributed by atoms with Crippen LogP contribution in [-0.2, 0) is 23.1 Å². The number of amides is 1. The summed E-state index contributed by atoms with van der Waals surface area (Å²) < 4.78 is 48.8. The lowest BCUT2D eigenvalue weighted by atomic mass is 9.65. The molecule has 3 aliphatic heterocycles. The monoisotopic (exact) mass is 631 g/mol. The van der Waals surface area contributed by atoms with Crippen LogP contribution in [0.15, 0.2) is 12.1 Å². The van der Waals surface area contributed by atoms with Crippen molar-refractivity contribution in [2.75, 3.05) is 56.6 Å². The molecule has 4 heterocycles. The maximum Gasteiger partial charge on any atom is 0.318 e. The molecule has 1 aromatic heterocycles. The Balaban J connectivity index is 1.38. The molecule has 1 aliphatic carbocycles. The van der Waals surface area contributed by atoms with E-state index in [1.807, 2.05) is 21.7 Å². The number of benzene rings is 1. The smallest absolute Gasteiger partial charge is 0.318 e. The third-order valence-electron chi connectivity index (χ3n) is 9.55. The highest BCUT2D eigenvalue weighted by atomic mass is 35.5. The first-order chi connectivity index (χ1) is 21.1. The summed E-state index contributed by atoms with van der Waals surface area (Å²) >= 11 is 6.45. The number of carbonyl (C=O) groups is 1. The lowest BCUT2D eigenvalue weighted by molar-refractivity contribution is -0.122. The number of ether oxygens (including phenoxy) is 1. The number of carbonyl (C=O) groups excluding carboxylic acids is 1. The van der Waals surface area contributed by atoms with E-state index in [4.69, 9.17) is 26.3 Å². The molecule has 2 saturated heterocycles. The van der Waals surface area contributed by atoms with Gasteiger partial charge < -0.3 is 15.0 Å². The molecular formula is C31H37ClF3N7O2. The van der Waals surface area contributed by atoms with Gasteiger partial charge in [-0.15, -0.1) is 0 Å². The lowest BCUT2D eigenvalue weighted by Crippen LogP contribution is -2.55. The van der Waals surface area contributed by atoms with Crippen molar-refractivity contribution in [2.45, 2.75) is 75.3 Å². The predicted molar refractivity (Wildman–Crippen MR) is 160 cm³/mol. The number of fused-ring (bicyclic) bond motifs is 3. The van der Waals surface area contributed by atoms with Gasteiger partial charge in [-0.05, 0) is 62.9 Å². The number of piperazine rings is 1. The largest absolute Gasteiger partial charge is 0.462 e. The average Bonchev–Trinajstić information content (AvgIpc) is 3.30. The first-order valence-electron chi connectivity index (χ1n) is 15.3. The molecule has 1 amide bonds. The molecular weight excluding hydrogens is 595 g/mol. The minimum atomic E-state index is -1.07. The fraction of sp³-hybridized carbons (Fsp3) is 0.613. The van der Waals surface area contributed by atoms with Crippen molar-refractivity contribution in [3.8, 4) is 12.1 Å². The second-order valence-electron chi connectivity index (χ2n) is 12.6. The molecule has 6 rings (SSSR count). The fourth-order valence-corrected chi connectivity index (χ4v) is 7.65. The second kappa shape index (κ2) is 12.3. The fourth-order valence-electron chi connectivity index (χ4n) is 7.35. The van der Waals surface area contributed by atoms with E-state index in [-0.39, 0.29) is 50.0 Å². The van der Waals surface area contributed by atoms with E-state index < -0.39 is 23.6 Å². The van der Waals surface area contributed by atoms with Gasteiger partial charge in [0.2, 0.25) is 5.91 Å². The van der Waals surface area contributed by atoms with Crippen LogP contribution in [0.3, 0.4) is 0 Å². The van der Waals surface area contributed by atoms with Gasteiger partial charge in [-0.1, -0.05) is 11.6 Å². The summed E-state index contributed by atoms with van der Waals surface area (Å²) in [6, 6.07) is 4.63. The van der Waals surface area contributed by atoms with Gasteiger partial charge in [-0.3, -0.25) is 14.6 Å². The molecule has 13 heteroatoms. The highest BCUT2D eigenvalue weighted by molar-refractivity contribution is 6.31. The number of aromatic nitrogens is 2. The van der Waals surface area contributed by atoms with Crippen LogP contribution < -0.4 is 15.0 Å². The first kappa shape index (κ1) is 30.9. The van der Waals surface area contributed by atoms with Gasteiger partial charge in [-0.25, -0.2) is 13.2 Å². The quantitative estimate of drug-likeness (QED) is 0.485. The highest BCUT2D eigenvalue weighted by Crippen LogP contribution is 2.48. The number of nitrogens with zero attached hydrogens (tertiary/aromatic N) is 6. The van der Waals surface area contributed by atoms with Crippen molar-refractivity contribution in [3.63, 3.8) is 0 Å². The Bertz CT molecular complexity index is 1470. The van der Waals surface area contributed by atoms with Crippen LogP contribution in [0.2, 0.25) is 5.02 Å². The van der Waals surface area contributed by atoms with Gasteiger partial charge in [0.15, 0.2) is 5.82 Å². The van der Waals surface area contributed by atoms with E-state index in [1.165, 1.54) is 19.1 Å². The van der Waals surface area contributed by atoms with E-state index in [0.717, 1.165) is 5.56 Å². The van der Waals surface area contributed by atoms with E-state index in [9.17, 15) is 23.2 Å². The van der Waals surface area contributed by atoms with Gasteiger partial charge in [0.25, 0.3) is 0 Å². The molecule has 1 N–H and O–H groups in total. The van der Waals surface area contributed by atoms with Crippen LogP contribution in [0.4, 0.5) is 24.7 Å².